The molecular weight excluding hydrogens is 188 g/mol. The van der Waals surface area contributed by atoms with Gasteiger partial charge in [-0.05, 0) is 11.1 Å². The Kier molecular flexibility index (Phi) is 4.08. The molecule has 3 nitrogen and oxygen atoms in total. The molecule has 0 radical (unpaired) electrons. The molecule has 0 fully saturated rings. The van der Waals surface area contributed by atoms with Gasteiger partial charge in [0.1, 0.15) is 0 Å². The van der Waals surface area contributed by atoms with Gasteiger partial charge < -0.3 is 9.29 Å². The topological polar surface area (TPSA) is 46.5 Å². The zero-order valence-electron chi connectivity index (χ0n) is 7.40. The van der Waals surface area contributed by atoms with Crippen LogP contribution in [-0.2, 0) is 28.2 Å². The van der Waals surface area contributed by atoms with Crippen molar-refractivity contribution in [3.63, 3.8) is 0 Å². The largest absolute Gasteiger partial charge is 0.380 e. The van der Waals surface area contributed by atoms with E-state index in [0.29, 0.717) is 6.61 Å². The van der Waals surface area contributed by atoms with E-state index >= 15 is 0 Å². The van der Waals surface area contributed by atoms with Crippen LogP contribution in [0.2, 0.25) is 0 Å². The highest BCUT2D eigenvalue weighted by molar-refractivity contribution is 7.78. The first-order chi connectivity index (χ1) is 6.24. The van der Waals surface area contributed by atoms with Gasteiger partial charge in [-0.2, -0.15) is 0 Å². The first-order valence-corrected chi connectivity index (χ1v) is 5.15. The molecule has 1 atom stereocenters. The van der Waals surface area contributed by atoms with E-state index in [1.165, 1.54) is 0 Å². The maximum Gasteiger partial charge on any atom is 0.157 e. The van der Waals surface area contributed by atoms with Crippen LogP contribution in [0.25, 0.3) is 0 Å². The van der Waals surface area contributed by atoms with E-state index in [1.807, 2.05) is 24.3 Å². The smallest absolute Gasteiger partial charge is 0.157 e. The van der Waals surface area contributed by atoms with Gasteiger partial charge in [0, 0.05) is 7.11 Å². The minimum absolute atomic E-state index is 0.166. The summed E-state index contributed by atoms with van der Waals surface area (Å²) >= 11 is -1.79. The van der Waals surface area contributed by atoms with E-state index in [0.717, 1.165) is 11.1 Å². The van der Waals surface area contributed by atoms with Crippen LogP contribution in [0.4, 0.5) is 0 Å². The molecule has 0 saturated carbocycles. The van der Waals surface area contributed by atoms with Crippen LogP contribution in [0, 0.1) is 0 Å². The van der Waals surface area contributed by atoms with Gasteiger partial charge in [0.15, 0.2) is 11.1 Å². The van der Waals surface area contributed by atoms with Gasteiger partial charge in [0.05, 0.1) is 12.4 Å². The van der Waals surface area contributed by atoms with Crippen LogP contribution < -0.4 is 0 Å². The Hall–Kier alpha value is -0.710. The molecule has 4 heteroatoms. The average molecular weight is 200 g/mol. The molecule has 0 bridgehead atoms. The highest BCUT2D eigenvalue weighted by atomic mass is 32.2. The van der Waals surface area contributed by atoms with Gasteiger partial charge in [0.25, 0.3) is 0 Å². The third-order valence-electron chi connectivity index (χ3n) is 1.70. The van der Waals surface area contributed by atoms with Crippen molar-refractivity contribution in [1.29, 1.82) is 0 Å². The normalized spacial score (nSPS) is 12.8. The fraction of sp³-hybridized carbons (Fsp3) is 0.333. The summed E-state index contributed by atoms with van der Waals surface area (Å²) in [5.41, 5.74) is 1.83. The Balaban J connectivity index is 2.84. The van der Waals surface area contributed by atoms with Crippen LogP contribution in [0.1, 0.15) is 11.1 Å². The summed E-state index contributed by atoms with van der Waals surface area (Å²) in [6.07, 6.45) is 0. The average Bonchev–Trinajstić information content (AvgIpc) is 2.08. The molecule has 0 amide bonds. The van der Waals surface area contributed by atoms with Crippen LogP contribution in [-0.4, -0.2) is 15.9 Å². The molecule has 13 heavy (non-hydrogen) atoms. The third-order valence-corrected chi connectivity index (χ3v) is 2.26. The summed E-state index contributed by atoms with van der Waals surface area (Å²) < 4.78 is 24.3. The molecule has 72 valence electrons. The first-order valence-electron chi connectivity index (χ1n) is 3.87. The van der Waals surface area contributed by atoms with Crippen molar-refractivity contribution in [1.82, 2.24) is 0 Å². The Labute approximate surface area is 80.0 Å². The molecule has 0 aliphatic rings. The Morgan fingerprint density at radius 2 is 2.00 bits per heavy atom. The summed E-state index contributed by atoms with van der Waals surface area (Å²) in [6, 6.07) is 7.47. The van der Waals surface area contributed by atoms with E-state index in [9.17, 15) is 4.21 Å². The molecule has 1 N–H and O–H groups in total. The molecule has 0 aromatic heterocycles. The minimum Gasteiger partial charge on any atom is -0.380 e. The zero-order valence-corrected chi connectivity index (χ0v) is 8.21. The second-order valence-corrected chi connectivity index (χ2v) is 3.60. The van der Waals surface area contributed by atoms with Gasteiger partial charge in [-0.3, -0.25) is 0 Å². The summed E-state index contributed by atoms with van der Waals surface area (Å²) in [5.74, 6) is 0.166. The van der Waals surface area contributed by atoms with Gasteiger partial charge in [0.2, 0.25) is 0 Å². The molecule has 1 aromatic rings. The standard InChI is InChI=1S/C9H12O3S/c1-12-6-8-4-2-3-5-9(8)7-13(10)11/h2-5H,6-7H2,1H3,(H,10,11). The van der Waals surface area contributed by atoms with E-state index in [2.05, 4.69) is 0 Å². The van der Waals surface area contributed by atoms with Crippen molar-refractivity contribution >= 4 is 11.1 Å². The van der Waals surface area contributed by atoms with E-state index in [4.69, 9.17) is 9.29 Å². The van der Waals surface area contributed by atoms with Crippen LogP contribution >= 0.6 is 0 Å². The lowest BCUT2D eigenvalue weighted by Gasteiger charge is -2.05. The van der Waals surface area contributed by atoms with Crippen molar-refractivity contribution in [2.24, 2.45) is 0 Å². The summed E-state index contributed by atoms with van der Waals surface area (Å²) in [6.45, 7) is 0.480. The van der Waals surface area contributed by atoms with Crippen molar-refractivity contribution in [3.8, 4) is 0 Å². The second kappa shape index (κ2) is 5.11. The summed E-state index contributed by atoms with van der Waals surface area (Å²) in [7, 11) is 1.60. The molecule has 1 aromatic carbocycles. The monoisotopic (exact) mass is 200 g/mol. The predicted octanol–water partition coefficient (Wildman–Crippen LogP) is 1.55. The van der Waals surface area contributed by atoms with E-state index < -0.39 is 11.1 Å². The van der Waals surface area contributed by atoms with Gasteiger partial charge >= 0.3 is 0 Å². The van der Waals surface area contributed by atoms with E-state index in [1.54, 1.807) is 7.11 Å². The fourth-order valence-electron chi connectivity index (χ4n) is 1.13. The SMILES string of the molecule is COCc1ccccc1CS(=O)O. The van der Waals surface area contributed by atoms with Crippen molar-refractivity contribution in [2.45, 2.75) is 12.4 Å². The fourth-order valence-corrected chi connectivity index (χ4v) is 1.68. The lowest BCUT2D eigenvalue weighted by atomic mass is 10.1. The maximum absolute atomic E-state index is 10.6. The highest BCUT2D eigenvalue weighted by Crippen LogP contribution is 2.11. The Bertz CT molecular complexity index is 299. The van der Waals surface area contributed by atoms with Crippen LogP contribution in [0.15, 0.2) is 24.3 Å². The van der Waals surface area contributed by atoms with Crippen molar-refractivity contribution < 1.29 is 13.5 Å². The number of rotatable bonds is 4. The number of hydrogen-bond acceptors (Lipinski definition) is 2. The molecule has 0 aliphatic carbocycles. The van der Waals surface area contributed by atoms with E-state index in [-0.39, 0.29) is 5.75 Å². The first kappa shape index (κ1) is 10.4. The Morgan fingerprint density at radius 1 is 1.38 bits per heavy atom. The Morgan fingerprint density at radius 3 is 2.54 bits per heavy atom. The molecule has 1 unspecified atom stereocenters. The summed E-state index contributed by atoms with van der Waals surface area (Å²) in [5, 5.41) is 0. The molecular formula is C9H12O3S. The number of benzene rings is 1. The molecule has 0 heterocycles. The second-order valence-electron chi connectivity index (χ2n) is 2.67. The molecule has 0 spiro atoms. The number of ether oxygens (including phenoxy) is 1. The highest BCUT2D eigenvalue weighted by Gasteiger charge is 2.03. The number of hydrogen-bond donors (Lipinski definition) is 1. The predicted molar refractivity (Wildman–Crippen MR) is 51.6 cm³/mol. The maximum atomic E-state index is 10.6. The third kappa shape index (κ3) is 3.26. The lowest BCUT2D eigenvalue weighted by molar-refractivity contribution is 0.184. The van der Waals surface area contributed by atoms with Gasteiger partial charge in [-0.25, -0.2) is 4.21 Å². The minimum atomic E-state index is -1.79. The molecule has 0 aliphatic heterocycles. The van der Waals surface area contributed by atoms with Crippen LogP contribution in [0.5, 0.6) is 0 Å². The van der Waals surface area contributed by atoms with Crippen molar-refractivity contribution in [2.75, 3.05) is 7.11 Å². The summed E-state index contributed by atoms with van der Waals surface area (Å²) in [4.78, 5) is 0. The molecule has 0 saturated heterocycles. The van der Waals surface area contributed by atoms with Gasteiger partial charge in [-0.1, -0.05) is 24.3 Å². The van der Waals surface area contributed by atoms with Crippen LogP contribution in [0.3, 0.4) is 0 Å². The zero-order chi connectivity index (χ0) is 9.68. The van der Waals surface area contributed by atoms with Crippen molar-refractivity contribution in [3.05, 3.63) is 35.4 Å². The number of methoxy groups -OCH3 is 1. The lowest BCUT2D eigenvalue weighted by Crippen LogP contribution is -1.99. The molecule has 1 rings (SSSR count). The van der Waals surface area contributed by atoms with Gasteiger partial charge in [-0.15, -0.1) is 0 Å². The quantitative estimate of drug-likeness (QED) is 0.750.